The number of non-ortho nitro benzene ring substituents is 1. The van der Waals surface area contributed by atoms with Gasteiger partial charge in [-0.05, 0) is 33.0 Å². The Morgan fingerprint density at radius 2 is 2.10 bits per heavy atom. The van der Waals surface area contributed by atoms with Crippen LogP contribution in [-0.4, -0.2) is 49.6 Å². The molecule has 0 saturated carbocycles. The van der Waals surface area contributed by atoms with Crippen LogP contribution in [-0.2, 0) is 0 Å². The molecule has 1 fully saturated rings. The first-order valence-electron chi connectivity index (χ1n) is 7.37. The quantitative estimate of drug-likeness (QED) is 0.667. The summed E-state index contributed by atoms with van der Waals surface area (Å²) in [7, 11) is 4.17. The third kappa shape index (κ3) is 3.44. The number of hydrogen-bond donors (Lipinski definition) is 1. The van der Waals surface area contributed by atoms with Crippen molar-refractivity contribution >= 4 is 17.1 Å². The van der Waals surface area contributed by atoms with E-state index in [2.05, 4.69) is 36.1 Å². The summed E-state index contributed by atoms with van der Waals surface area (Å²) in [4.78, 5) is 15.3. The Kier molecular flexibility index (Phi) is 4.67. The molecule has 1 saturated heterocycles. The summed E-state index contributed by atoms with van der Waals surface area (Å²) in [5, 5.41) is 14.3. The van der Waals surface area contributed by atoms with E-state index in [9.17, 15) is 10.1 Å². The fraction of sp³-hybridized carbons (Fsp3) is 0.600. The highest BCUT2D eigenvalue weighted by Crippen LogP contribution is 2.31. The Morgan fingerprint density at radius 1 is 1.38 bits per heavy atom. The molecule has 1 aromatic rings. The Morgan fingerprint density at radius 3 is 2.62 bits per heavy atom. The van der Waals surface area contributed by atoms with Gasteiger partial charge < -0.3 is 15.1 Å². The minimum atomic E-state index is -0.326. The number of nitrogens with one attached hydrogen (secondary N) is 1. The van der Waals surface area contributed by atoms with Crippen LogP contribution in [0.15, 0.2) is 18.2 Å². The molecular weight excluding hydrogens is 268 g/mol. The van der Waals surface area contributed by atoms with Gasteiger partial charge in [0, 0.05) is 49.2 Å². The van der Waals surface area contributed by atoms with E-state index in [0.717, 1.165) is 31.0 Å². The maximum atomic E-state index is 11.1. The third-order valence-electron chi connectivity index (χ3n) is 4.10. The number of likely N-dealkylation sites (N-methyl/N-ethyl adjacent to an activating group) is 1. The number of nitrogens with zero attached hydrogens (tertiary/aromatic N) is 3. The van der Waals surface area contributed by atoms with Crippen LogP contribution in [0.3, 0.4) is 0 Å². The lowest BCUT2D eigenvalue weighted by atomic mass is 10.1. The van der Waals surface area contributed by atoms with Crippen molar-refractivity contribution in [3.05, 3.63) is 28.3 Å². The minimum absolute atomic E-state index is 0.143. The van der Waals surface area contributed by atoms with E-state index in [-0.39, 0.29) is 10.6 Å². The van der Waals surface area contributed by atoms with Crippen LogP contribution in [0.25, 0.3) is 0 Å². The molecule has 1 aliphatic rings. The molecule has 6 nitrogen and oxygen atoms in total. The number of anilines is 2. The molecule has 2 rings (SSSR count). The Balaban J connectivity index is 2.29. The topological polar surface area (TPSA) is 61.6 Å². The van der Waals surface area contributed by atoms with Gasteiger partial charge in [0.2, 0.25) is 0 Å². The van der Waals surface area contributed by atoms with Gasteiger partial charge in [0.15, 0.2) is 0 Å². The van der Waals surface area contributed by atoms with Crippen LogP contribution in [0, 0.1) is 16.0 Å². The van der Waals surface area contributed by atoms with E-state index < -0.39 is 0 Å². The van der Waals surface area contributed by atoms with Gasteiger partial charge in [-0.1, -0.05) is 6.92 Å². The molecule has 0 aliphatic carbocycles. The monoisotopic (exact) mass is 292 g/mol. The van der Waals surface area contributed by atoms with Gasteiger partial charge in [-0.2, -0.15) is 0 Å². The predicted octanol–water partition coefficient (Wildman–Crippen LogP) is 2.41. The fourth-order valence-corrected chi connectivity index (χ4v) is 3.02. The van der Waals surface area contributed by atoms with Crippen LogP contribution in [0.1, 0.15) is 13.8 Å². The predicted molar refractivity (Wildman–Crippen MR) is 86.1 cm³/mol. The molecule has 0 bridgehead atoms. The summed E-state index contributed by atoms with van der Waals surface area (Å²) in [6.07, 6.45) is 0. The lowest BCUT2D eigenvalue weighted by Crippen LogP contribution is -2.34. The third-order valence-corrected chi connectivity index (χ3v) is 4.10. The second-order valence-corrected chi connectivity index (χ2v) is 5.94. The summed E-state index contributed by atoms with van der Waals surface area (Å²) in [5.41, 5.74) is 1.88. The molecule has 1 aromatic carbocycles. The molecule has 0 aromatic heterocycles. The molecule has 0 amide bonds. The van der Waals surface area contributed by atoms with E-state index in [1.807, 2.05) is 13.0 Å². The zero-order chi connectivity index (χ0) is 15.6. The standard InChI is InChI=1S/C15H24N4O2/c1-5-16-12-6-13(8-14(7-12)19(20)21)18-9-11(2)15(10-18)17(3)4/h6-8,11,15-16H,5,9-10H2,1-4H3. The number of benzene rings is 1. The van der Waals surface area contributed by atoms with E-state index in [0.29, 0.717) is 12.0 Å². The molecule has 1 aliphatic heterocycles. The van der Waals surface area contributed by atoms with E-state index in [1.54, 1.807) is 12.1 Å². The van der Waals surface area contributed by atoms with Gasteiger partial charge in [0.05, 0.1) is 4.92 Å². The average Bonchev–Trinajstić information content (AvgIpc) is 2.81. The van der Waals surface area contributed by atoms with Crippen LogP contribution >= 0.6 is 0 Å². The summed E-state index contributed by atoms with van der Waals surface area (Å²) in [5.74, 6) is 0.543. The first kappa shape index (κ1) is 15.6. The number of nitro benzene ring substituents is 1. The number of rotatable bonds is 5. The average molecular weight is 292 g/mol. The van der Waals surface area contributed by atoms with Gasteiger partial charge in [-0.15, -0.1) is 0 Å². The highest BCUT2D eigenvalue weighted by atomic mass is 16.6. The Labute approximate surface area is 125 Å². The SMILES string of the molecule is CCNc1cc(N2CC(C)C(N(C)C)C2)cc([N+](=O)[O-])c1. The molecule has 6 heteroatoms. The molecule has 1 heterocycles. The van der Waals surface area contributed by atoms with Crippen molar-refractivity contribution in [1.29, 1.82) is 0 Å². The molecule has 1 N–H and O–H groups in total. The van der Waals surface area contributed by atoms with Gasteiger partial charge in [0.25, 0.3) is 5.69 Å². The molecule has 2 unspecified atom stereocenters. The number of hydrogen-bond acceptors (Lipinski definition) is 5. The molecule has 21 heavy (non-hydrogen) atoms. The molecule has 0 spiro atoms. The maximum Gasteiger partial charge on any atom is 0.273 e. The van der Waals surface area contributed by atoms with Crippen molar-refractivity contribution in [2.45, 2.75) is 19.9 Å². The van der Waals surface area contributed by atoms with Crippen LogP contribution in [0.2, 0.25) is 0 Å². The van der Waals surface area contributed by atoms with Crippen molar-refractivity contribution in [3.63, 3.8) is 0 Å². The summed E-state index contributed by atoms with van der Waals surface area (Å²) >= 11 is 0. The zero-order valence-corrected chi connectivity index (χ0v) is 13.2. The first-order valence-corrected chi connectivity index (χ1v) is 7.37. The number of nitro groups is 1. The maximum absolute atomic E-state index is 11.1. The molecule has 116 valence electrons. The minimum Gasteiger partial charge on any atom is -0.385 e. The Hall–Kier alpha value is -1.82. The second kappa shape index (κ2) is 6.30. The largest absolute Gasteiger partial charge is 0.385 e. The second-order valence-electron chi connectivity index (χ2n) is 5.94. The van der Waals surface area contributed by atoms with Crippen LogP contribution < -0.4 is 10.2 Å². The van der Waals surface area contributed by atoms with E-state index in [4.69, 9.17) is 0 Å². The summed E-state index contributed by atoms with van der Waals surface area (Å²) in [6.45, 7) is 6.79. The van der Waals surface area contributed by atoms with Gasteiger partial charge in [0.1, 0.15) is 0 Å². The Bertz CT molecular complexity index is 518. The first-order chi connectivity index (χ1) is 9.92. The van der Waals surface area contributed by atoms with Gasteiger partial charge in [-0.3, -0.25) is 10.1 Å². The highest BCUT2D eigenvalue weighted by Gasteiger charge is 2.31. The van der Waals surface area contributed by atoms with E-state index >= 15 is 0 Å². The molecule has 2 atom stereocenters. The van der Waals surface area contributed by atoms with Crippen molar-refractivity contribution in [3.8, 4) is 0 Å². The van der Waals surface area contributed by atoms with Crippen LogP contribution in [0.4, 0.5) is 17.1 Å². The lowest BCUT2D eigenvalue weighted by molar-refractivity contribution is -0.384. The van der Waals surface area contributed by atoms with Crippen molar-refractivity contribution in [1.82, 2.24) is 4.90 Å². The fourth-order valence-electron chi connectivity index (χ4n) is 3.02. The smallest absolute Gasteiger partial charge is 0.273 e. The molecular formula is C15H24N4O2. The van der Waals surface area contributed by atoms with Crippen molar-refractivity contribution < 1.29 is 4.92 Å². The van der Waals surface area contributed by atoms with Crippen molar-refractivity contribution in [2.75, 3.05) is 43.9 Å². The normalized spacial score (nSPS) is 21.9. The van der Waals surface area contributed by atoms with Gasteiger partial charge in [-0.25, -0.2) is 0 Å². The zero-order valence-electron chi connectivity index (χ0n) is 13.2. The summed E-state index contributed by atoms with van der Waals surface area (Å²) in [6, 6.07) is 5.75. The van der Waals surface area contributed by atoms with Crippen LogP contribution in [0.5, 0.6) is 0 Å². The van der Waals surface area contributed by atoms with Crippen molar-refractivity contribution in [2.24, 2.45) is 5.92 Å². The van der Waals surface area contributed by atoms with E-state index in [1.165, 1.54) is 0 Å². The highest BCUT2D eigenvalue weighted by molar-refractivity contribution is 5.65. The molecule has 0 radical (unpaired) electrons. The summed E-state index contributed by atoms with van der Waals surface area (Å²) < 4.78 is 0. The van der Waals surface area contributed by atoms with Gasteiger partial charge >= 0.3 is 0 Å². The lowest BCUT2D eigenvalue weighted by Gasteiger charge is -2.23.